The summed E-state index contributed by atoms with van der Waals surface area (Å²) < 4.78 is 30.8. The molecule has 0 saturated carbocycles. The Morgan fingerprint density at radius 2 is 1.93 bits per heavy atom. The number of nitrogens with one attached hydrogen (secondary N) is 1. The third-order valence-corrected chi connectivity index (χ3v) is 5.44. The van der Waals surface area contributed by atoms with Crippen LogP contribution in [0.3, 0.4) is 0 Å². The standard InChI is InChI=1S/C17H19N3O6S/c1-12-9-15(27(24,25)19(2)3)7-8-16(12)26-11-17(21)18-13-5-4-6-14(10-13)20(22)23/h4-10H,11H2,1-3H3,(H,18,21). The van der Waals surface area contributed by atoms with Crippen molar-refractivity contribution in [3.8, 4) is 5.75 Å². The van der Waals surface area contributed by atoms with Crippen molar-refractivity contribution in [2.24, 2.45) is 0 Å². The molecular formula is C17H19N3O6S. The molecule has 27 heavy (non-hydrogen) atoms. The Kier molecular flexibility index (Phi) is 6.13. The van der Waals surface area contributed by atoms with Crippen LogP contribution in [0, 0.1) is 17.0 Å². The smallest absolute Gasteiger partial charge is 0.271 e. The van der Waals surface area contributed by atoms with E-state index in [9.17, 15) is 23.3 Å². The minimum absolute atomic E-state index is 0.124. The van der Waals surface area contributed by atoms with Gasteiger partial charge in [-0.1, -0.05) is 6.07 Å². The van der Waals surface area contributed by atoms with Crippen LogP contribution in [-0.4, -0.2) is 44.3 Å². The van der Waals surface area contributed by atoms with Gasteiger partial charge in [-0.3, -0.25) is 14.9 Å². The van der Waals surface area contributed by atoms with Crippen molar-refractivity contribution < 1.29 is 22.9 Å². The van der Waals surface area contributed by atoms with Crippen molar-refractivity contribution in [1.82, 2.24) is 4.31 Å². The third kappa shape index (κ3) is 5.02. The van der Waals surface area contributed by atoms with Crippen molar-refractivity contribution in [1.29, 1.82) is 0 Å². The lowest BCUT2D eigenvalue weighted by Crippen LogP contribution is -2.22. The van der Waals surface area contributed by atoms with Gasteiger partial charge in [0.15, 0.2) is 6.61 Å². The first-order chi connectivity index (χ1) is 12.6. The first-order valence-corrected chi connectivity index (χ1v) is 9.25. The average molecular weight is 393 g/mol. The van der Waals surface area contributed by atoms with Gasteiger partial charge in [-0.2, -0.15) is 0 Å². The van der Waals surface area contributed by atoms with Crippen LogP contribution < -0.4 is 10.1 Å². The number of anilines is 1. The van der Waals surface area contributed by atoms with E-state index in [0.717, 1.165) is 4.31 Å². The molecule has 0 unspecified atom stereocenters. The third-order valence-electron chi connectivity index (χ3n) is 3.62. The number of carbonyl (C=O) groups is 1. The first kappa shape index (κ1) is 20.3. The Balaban J connectivity index is 2.03. The molecule has 9 nitrogen and oxygen atoms in total. The molecule has 0 saturated heterocycles. The lowest BCUT2D eigenvalue weighted by atomic mass is 10.2. The highest BCUT2D eigenvalue weighted by Gasteiger charge is 2.18. The number of ether oxygens (including phenoxy) is 1. The van der Waals surface area contributed by atoms with Gasteiger partial charge in [0, 0.05) is 31.9 Å². The molecule has 2 aromatic carbocycles. The molecular weight excluding hydrogens is 374 g/mol. The SMILES string of the molecule is Cc1cc(S(=O)(=O)N(C)C)ccc1OCC(=O)Nc1cccc([N+](=O)[O-])c1. The maximum atomic E-state index is 12.1. The maximum absolute atomic E-state index is 12.1. The number of carbonyl (C=O) groups excluding carboxylic acids is 1. The van der Waals surface area contributed by atoms with Gasteiger partial charge in [0.1, 0.15) is 5.75 Å². The summed E-state index contributed by atoms with van der Waals surface area (Å²) in [5, 5.41) is 13.3. The van der Waals surface area contributed by atoms with E-state index in [0.29, 0.717) is 11.3 Å². The highest BCUT2D eigenvalue weighted by molar-refractivity contribution is 7.89. The summed E-state index contributed by atoms with van der Waals surface area (Å²) >= 11 is 0. The minimum Gasteiger partial charge on any atom is -0.483 e. The topological polar surface area (TPSA) is 119 Å². The summed E-state index contributed by atoms with van der Waals surface area (Å²) in [5.41, 5.74) is 0.699. The number of rotatable bonds is 7. The minimum atomic E-state index is -3.56. The fourth-order valence-electron chi connectivity index (χ4n) is 2.19. The van der Waals surface area contributed by atoms with Crippen LogP contribution in [0.2, 0.25) is 0 Å². The van der Waals surface area contributed by atoms with Gasteiger partial charge in [0.25, 0.3) is 11.6 Å². The van der Waals surface area contributed by atoms with E-state index in [2.05, 4.69) is 5.32 Å². The van der Waals surface area contributed by atoms with Crippen LogP contribution in [0.4, 0.5) is 11.4 Å². The van der Waals surface area contributed by atoms with Crippen molar-refractivity contribution in [2.45, 2.75) is 11.8 Å². The Hall–Kier alpha value is -2.98. The van der Waals surface area contributed by atoms with E-state index in [1.807, 2.05) is 0 Å². The number of sulfonamides is 1. The van der Waals surface area contributed by atoms with Crippen LogP contribution in [0.1, 0.15) is 5.56 Å². The van der Waals surface area contributed by atoms with Gasteiger partial charge in [0.05, 0.1) is 9.82 Å². The number of hydrogen-bond donors (Lipinski definition) is 1. The Morgan fingerprint density at radius 1 is 1.22 bits per heavy atom. The van der Waals surface area contributed by atoms with Crippen molar-refractivity contribution in [3.05, 3.63) is 58.1 Å². The monoisotopic (exact) mass is 393 g/mol. The highest BCUT2D eigenvalue weighted by atomic mass is 32.2. The molecule has 0 aromatic heterocycles. The number of nitrogens with zero attached hydrogens (tertiary/aromatic N) is 2. The van der Waals surface area contributed by atoms with E-state index >= 15 is 0 Å². The number of nitro groups is 1. The molecule has 2 aromatic rings. The largest absolute Gasteiger partial charge is 0.483 e. The highest BCUT2D eigenvalue weighted by Crippen LogP contribution is 2.23. The van der Waals surface area contributed by atoms with Crippen LogP contribution >= 0.6 is 0 Å². The van der Waals surface area contributed by atoms with Crippen LogP contribution in [0.15, 0.2) is 47.4 Å². The van der Waals surface area contributed by atoms with E-state index in [4.69, 9.17) is 4.74 Å². The number of benzene rings is 2. The molecule has 144 valence electrons. The Morgan fingerprint density at radius 3 is 2.52 bits per heavy atom. The predicted molar refractivity (Wildman–Crippen MR) is 99.3 cm³/mol. The summed E-state index contributed by atoms with van der Waals surface area (Å²) in [6, 6.07) is 9.88. The zero-order valence-corrected chi connectivity index (χ0v) is 15.8. The molecule has 0 aliphatic heterocycles. The lowest BCUT2D eigenvalue weighted by molar-refractivity contribution is -0.384. The number of hydrogen-bond acceptors (Lipinski definition) is 6. The van der Waals surface area contributed by atoms with Gasteiger partial charge in [-0.25, -0.2) is 12.7 Å². The predicted octanol–water partition coefficient (Wildman–Crippen LogP) is 2.17. The van der Waals surface area contributed by atoms with Crippen LogP contribution in [-0.2, 0) is 14.8 Å². The molecule has 10 heteroatoms. The van der Waals surface area contributed by atoms with Crippen molar-refractivity contribution >= 4 is 27.3 Å². The van der Waals surface area contributed by atoms with Crippen molar-refractivity contribution in [3.63, 3.8) is 0 Å². The second kappa shape index (κ2) is 8.14. The van der Waals surface area contributed by atoms with E-state index in [-0.39, 0.29) is 22.9 Å². The van der Waals surface area contributed by atoms with E-state index in [1.54, 1.807) is 6.92 Å². The molecule has 0 aliphatic carbocycles. The average Bonchev–Trinajstić information content (AvgIpc) is 2.60. The fourth-order valence-corrected chi connectivity index (χ4v) is 3.18. The molecule has 2 rings (SSSR count). The number of amides is 1. The molecule has 0 spiro atoms. The summed E-state index contributed by atoms with van der Waals surface area (Å²) in [5.74, 6) is -0.137. The molecule has 0 aliphatic rings. The van der Waals surface area contributed by atoms with Gasteiger partial charge in [0.2, 0.25) is 10.0 Å². The number of nitro benzene ring substituents is 1. The van der Waals surface area contributed by atoms with Crippen LogP contribution in [0.25, 0.3) is 0 Å². The number of non-ortho nitro benzene ring substituents is 1. The summed E-state index contributed by atoms with van der Waals surface area (Å²) in [7, 11) is -0.680. The summed E-state index contributed by atoms with van der Waals surface area (Å²) in [6.45, 7) is 1.34. The van der Waals surface area contributed by atoms with Crippen molar-refractivity contribution in [2.75, 3.05) is 26.0 Å². The molecule has 0 bridgehead atoms. The van der Waals surface area contributed by atoms with Gasteiger partial charge >= 0.3 is 0 Å². The van der Waals surface area contributed by atoms with Gasteiger partial charge in [-0.05, 0) is 36.8 Å². The molecule has 0 radical (unpaired) electrons. The summed E-state index contributed by atoms with van der Waals surface area (Å²) in [6.07, 6.45) is 0. The zero-order chi connectivity index (χ0) is 20.2. The Bertz CT molecular complexity index is 972. The zero-order valence-electron chi connectivity index (χ0n) is 15.0. The second-order valence-electron chi connectivity index (χ2n) is 5.86. The molecule has 0 fully saturated rings. The van der Waals surface area contributed by atoms with Gasteiger partial charge in [-0.15, -0.1) is 0 Å². The van der Waals surface area contributed by atoms with E-state index < -0.39 is 20.9 Å². The molecule has 1 N–H and O–H groups in total. The normalized spacial score (nSPS) is 11.3. The maximum Gasteiger partial charge on any atom is 0.271 e. The molecule has 0 atom stereocenters. The second-order valence-corrected chi connectivity index (χ2v) is 8.01. The van der Waals surface area contributed by atoms with E-state index in [1.165, 1.54) is 56.6 Å². The summed E-state index contributed by atoms with van der Waals surface area (Å²) in [4.78, 5) is 22.3. The fraction of sp³-hybridized carbons (Fsp3) is 0.235. The lowest BCUT2D eigenvalue weighted by Gasteiger charge is -2.14. The van der Waals surface area contributed by atoms with Gasteiger partial charge < -0.3 is 10.1 Å². The number of aryl methyl sites for hydroxylation is 1. The Labute approximate surface area is 156 Å². The first-order valence-electron chi connectivity index (χ1n) is 7.81. The molecule has 0 heterocycles. The molecule has 1 amide bonds. The van der Waals surface area contributed by atoms with Crippen LogP contribution in [0.5, 0.6) is 5.75 Å². The quantitative estimate of drug-likeness (QED) is 0.569.